The quantitative estimate of drug-likeness (QED) is 0.769. The first-order chi connectivity index (χ1) is 10.2. The van der Waals surface area contributed by atoms with E-state index in [-0.39, 0.29) is 11.4 Å². The number of ether oxygens (including phenoxy) is 1. The van der Waals surface area contributed by atoms with Gasteiger partial charge in [0.1, 0.15) is 0 Å². The van der Waals surface area contributed by atoms with Crippen molar-refractivity contribution in [3.63, 3.8) is 0 Å². The van der Waals surface area contributed by atoms with E-state index in [1.807, 2.05) is 12.2 Å². The van der Waals surface area contributed by atoms with Gasteiger partial charge in [0.05, 0.1) is 13.2 Å². The van der Waals surface area contributed by atoms with Crippen molar-refractivity contribution in [3.8, 4) is 0 Å². The summed E-state index contributed by atoms with van der Waals surface area (Å²) in [6, 6.07) is 0. The van der Waals surface area contributed by atoms with Crippen molar-refractivity contribution >= 4 is 5.97 Å². The molecule has 4 heteroatoms. The SMILES string of the molecule is COC(=O)C1=CC(C2=C(N)CC(O)C(C(C)(C)C)=C2)=CCC1. The number of rotatable bonds is 2. The van der Waals surface area contributed by atoms with Gasteiger partial charge in [-0.05, 0) is 35.5 Å². The summed E-state index contributed by atoms with van der Waals surface area (Å²) in [7, 11) is 1.39. The average molecular weight is 303 g/mol. The second kappa shape index (κ2) is 6.13. The Morgan fingerprint density at radius 2 is 2.05 bits per heavy atom. The summed E-state index contributed by atoms with van der Waals surface area (Å²) in [6.45, 7) is 6.23. The Labute approximate surface area is 132 Å². The summed E-state index contributed by atoms with van der Waals surface area (Å²) in [5.41, 5.74) is 10.2. The van der Waals surface area contributed by atoms with Gasteiger partial charge in [0.25, 0.3) is 0 Å². The second-order valence-corrected chi connectivity index (χ2v) is 6.87. The Kier molecular flexibility index (Phi) is 4.61. The maximum atomic E-state index is 11.7. The van der Waals surface area contributed by atoms with Gasteiger partial charge in [0.2, 0.25) is 0 Å². The number of carbonyl (C=O) groups is 1. The molecular formula is C18H25NO3. The minimum Gasteiger partial charge on any atom is -0.466 e. The molecule has 0 saturated carbocycles. The van der Waals surface area contributed by atoms with Crippen LogP contribution in [0.3, 0.4) is 0 Å². The lowest BCUT2D eigenvalue weighted by Gasteiger charge is -2.32. The first-order valence-corrected chi connectivity index (χ1v) is 7.62. The Balaban J connectivity index is 2.41. The molecule has 1 unspecified atom stereocenters. The van der Waals surface area contributed by atoms with Crippen LogP contribution in [0.4, 0.5) is 0 Å². The molecule has 0 amide bonds. The van der Waals surface area contributed by atoms with Crippen molar-refractivity contribution in [2.45, 2.75) is 46.1 Å². The van der Waals surface area contributed by atoms with Gasteiger partial charge in [-0.1, -0.05) is 32.9 Å². The first kappa shape index (κ1) is 16.6. The van der Waals surface area contributed by atoms with E-state index in [4.69, 9.17) is 10.5 Å². The summed E-state index contributed by atoms with van der Waals surface area (Å²) in [5.74, 6) is -0.291. The molecule has 0 spiro atoms. The zero-order chi connectivity index (χ0) is 16.5. The largest absolute Gasteiger partial charge is 0.466 e. The van der Waals surface area contributed by atoms with E-state index in [9.17, 15) is 9.90 Å². The van der Waals surface area contributed by atoms with Crippen LogP contribution in [0, 0.1) is 5.41 Å². The van der Waals surface area contributed by atoms with Gasteiger partial charge in [-0.3, -0.25) is 0 Å². The molecule has 1 atom stereocenters. The number of allylic oxidation sites excluding steroid dienone is 5. The van der Waals surface area contributed by atoms with Crippen LogP contribution < -0.4 is 5.73 Å². The lowest BCUT2D eigenvalue weighted by Crippen LogP contribution is -2.28. The summed E-state index contributed by atoms with van der Waals surface area (Å²) < 4.78 is 4.81. The zero-order valence-electron chi connectivity index (χ0n) is 13.8. The van der Waals surface area contributed by atoms with E-state index in [1.165, 1.54) is 7.11 Å². The fraction of sp³-hybridized carbons (Fsp3) is 0.500. The Morgan fingerprint density at radius 3 is 2.64 bits per heavy atom. The second-order valence-electron chi connectivity index (χ2n) is 6.87. The Hall–Kier alpha value is -1.81. The number of hydrogen-bond donors (Lipinski definition) is 2. The number of esters is 1. The molecule has 0 bridgehead atoms. The highest BCUT2D eigenvalue weighted by Gasteiger charge is 2.29. The van der Waals surface area contributed by atoms with Crippen LogP contribution in [-0.2, 0) is 9.53 Å². The standard InChI is InChI=1S/C18H25NO3/c1-18(2,3)14-9-13(15(19)10-16(14)20)11-6-5-7-12(8-11)17(21)22-4/h6,8-9,16,20H,5,7,10,19H2,1-4H3. The van der Waals surface area contributed by atoms with Crippen molar-refractivity contribution in [2.24, 2.45) is 11.1 Å². The van der Waals surface area contributed by atoms with E-state index in [0.717, 1.165) is 23.1 Å². The molecule has 2 aliphatic rings. The highest BCUT2D eigenvalue weighted by atomic mass is 16.5. The van der Waals surface area contributed by atoms with Crippen LogP contribution in [0.15, 0.2) is 46.2 Å². The van der Waals surface area contributed by atoms with Crippen LogP contribution >= 0.6 is 0 Å². The third-order valence-corrected chi connectivity index (χ3v) is 4.15. The molecule has 2 rings (SSSR count). The lowest BCUT2D eigenvalue weighted by atomic mass is 9.76. The number of hydrogen-bond acceptors (Lipinski definition) is 4. The molecule has 0 aromatic heterocycles. The first-order valence-electron chi connectivity index (χ1n) is 7.62. The summed E-state index contributed by atoms with van der Waals surface area (Å²) in [5, 5.41) is 10.3. The number of methoxy groups -OCH3 is 1. The van der Waals surface area contributed by atoms with Crippen molar-refractivity contribution in [3.05, 3.63) is 46.2 Å². The fourth-order valence-corrected chi connectivity index (χ4v) is 2.94. The molecular weight excluding hydrogens is 278 g/mol. The topological polar surface area (TPSA) is 72.5 Å². The van der Waals surface area contributed by atoms with E-state index in [2.05, 4.69) is 26.8 Å². The van der Waals surface area contributed by atoms with E-state index < -0.39 is 6.10 Å². The molecule has 2 aliphatic carbocycles. The molecule has 0 aliphatic heterocycles. The van der Waals surface area contributed by atoms with E-state index in [1.54, 1.807) is 0 Å². The third-order valence-electron chi connectivity index (χ3n) is 4.15. The van der Waals surface area contributed by atoms with Gasteiger partial charge >= 0.3 is 5.97 Å². The van der Waals surface area contributed by atoms with E-state index in [0.29, 0.717) is 24.1 Å². The third kappa shape index (κ3) is 3.33. The summed E-state index contributed by atoms with van der Waals surface area (Å²) in [6.07, 6.45) is 7.27. The van der Waals surface area contributed by atoms with Crippen LogP contribution in [0.1, 0.15) is 40.0 Å². The van der Waals surface area contributed by atoms with Gasteiger partial charge in [0.15, 0.2) is 0 Å². The average Bonchev–Trinajstić information content (AvgIpc) is 2.45. The normalized spacial score (nSPS) is 22.8. The number of nitrogens with two attached hydrogens (primary N) is 1. The lowest BCUT2D eigenvalue weighted by molar-refractivity contribution is -0.136. The molecule has 22 heavy (non-hydrogen) atoms. The molecule has 120 valence electrons. The van der Waals surface area contributed by atoms with E-state index >= 15 is 0 Å². The molecule has 0 heterocycles. The number of carbonyl (C=O) groups excluding carboxylic acids is 1. The van der Waals surface area contributed by atoms with Crippen LogP contribution in [0.5, 0.6) is 0 Å². The van der Waals surface area contributed by atoms with Crippen LogP contribution in [0.2, 0.25) is 0 Å². The number of aliphatic hydroxyl groups excluding tert-OH is 1. The van der Waals surface area contributed by atoms with Crippen LogP contribution in [0.25, 0.3) is 0 Å². The van der Waals surface area contributed by atoms with Crippen LogP contribution in [-0.4, -0.2) is 24.3 Å². The van der Waals surface area contributed by atoms with Crippen molar-refractivity contribution < 1.29 is 14.6 Å². The summed E-state index contributed by atoms with van der Waals surface area (Å²) in [4.78, 5) is 11.7. The maximum absolute atomic E-state index is 11.7. The molecule has 0 aromatic carbocycles. The monoisotopic (exact) mass is 303 g/mol. The smallest absolute Gasteiger partial charge is 0.333 e. The van der Waals surface area contributed by atoms with Crippen molar-refractivity contribution in [1.82, 2.24) is 0 Å². The molecule has 3 N–H and O–H groups in total. The highest BCUT2D eigenvalue weighted by Crippen LogP contribution is 2.37. The minimum absolute atomic E-state index is 0.129. The van der Waals surface area contributed by atoms with Gasteiger partial charge in [-0.25, -0.2) is 4.79 Å². The molecule has 0 aromatic rings. The predicted molar refractivity (Wildman–Crippen MR) is 86.8 cm³/mol. The fourth-order valence-electron chi connectivity index (χ4n) is 2.94. The zero-order valence-corrected chi connectivity index (χ0v) is 13.8. The van der Waals surface area contributed by atoms with Gasteiger partial charge in [-0.15, -0.1) is 0 Å². The molecule has 0 radical (unpaired) electrons. The van der Waals surface area contributed by atoms with Crippen molar-refractivity contribution in [1.29, 1.82) is 0 Å². The molecule has 4 nitrogen and oxygen atoms in total. The highest BCUT2D eigenvalue weighted by molar-refractivity contribution is 5.89. The van der Waals surface area contributed by atoms with Gasteiger partial charge < -0.3 is 15.6 Å². The summed E-state index contributed by atoms with van der Waals surface area (Å²) >= 11 is 0. The van der Waals surface area contributed by atoms with Gasteiger partial charge in [0, 0.05) is 23.3 Å². The van der Waals surface area contributed by atoms with Gasteiger partial charge in [-0.2, -0.15) is 0 Å². The Bertz CT molecular complexity index is 600. The minimum atomic E-state index is -0.544. The maximum Gasteiger partial charge on any atom is 0.333 e. The number of aliphatic hydroxyl groups is 1. The molecule has 0 saturated heterocycles. The predicted octanol–water partition coefficient (Wildman–Crippen LogP) is 2.76. The molecule has 0 fully saturated rings. The Morgan fingerprint density at radius 1 is 1.36 bits per heavy atom. The van der Waals surface area contributed by atoms with Crippen molar-refractivity contribution in [2.75, 3.05) is 7.11 Å².